The molecular weight excluding hydrogens is 186 g/mol. The van der Waals surface area contributed by atoms with Crippen LogP contribution >= 0.6 is 0 Å². The summed E-state index contributed by atoms with van der Waals surface area (Å²) in [5.41, 5.74) is 0. The molecular formula is C9H15NO4. The zero-order valence-electron chi connectivity index (χ0n) is 7.90. The van der Waals surface area contributed by atoms with Crippen molar-refractivity contribution in [2.75, 3.05) is 13.2 Å². The molecule has 0 aromatic carbocycles. The van der Waals surface area contributed by atoms with Gasteiger partial charge in [-0.05, 0) is 19.3 Å². The van der Waals surface area contributed by atoms with Gasteiger partial charge in [-0.25, -0.2) is 0 Å². The average Bonchev–Trinajstić information content (AvgIpc) is 2.91. The summed E-state index contributed by atoms with van der Waals surface area (Å²) in [6.07, 6.45) is 1.85. The Morgan fingerprint density at radius 2 is 2.00 bits per heavy atom. The van der Waals surface area contributed by atoms with Gasteiger partial charge in [0, 0.05) is 13.2 Å². The van der Waals surface area contributed by atoms with Crippen molar-refractivity contribution in [3.05, 3.63) is 0 Å². The number of amides is 1. The largest absolute Gasteiger partial charge is 0.481 e. The lowest BCUT2D eigenvalue weighted by Crippen LogP contribution is -2.27. The second-order valence-corrected chi connectivity index (χ2v) is 3.51. The van der Waals surface area contributed by atoms with Crippen LogP contribution in [0.5, 0.6) is 0 Å². The lowest BCUT2D eigenvalue weighted by atomic mass is 10.3. The molecule has 5 heteroatoms. The molecule has 2 atom stereocenters. The normalized spacial score (nSPS) is 24.4. The van der Waals surface area contributed by atoms with Crippen LogP contribution in [0.15, 0.2) is 0 Å². The Morgan fingerprint density at radius 1 is 1.29 bits per heavy atom. The maximum Gasteiger partial charge on any atom is 0.307 e. The van der Waals surface area contributed by atoms with E-state index < -0.39 is 11.9 Å². The molecule has 0 heterocycles. The molecule has 0 aromatic heterocycles. The first-order valence-corrected chi connectivity index (χ1v) is 4.78. The van der Waals surface area contributed by atoms with Crippen LogP contribution in [0.3, 0.4) is 0 Å². The van der Waals surface area contributed by atoms with Crippen molar-refractivity contribution in [1.29, 1.82) is 0 Å². The Labute approximate surface area is 82.1 Å². The van der Waals surface area contributed by atoms with Crippen LogP contribution in [-0.4, -0.2) is 35.2 Å². The Balaban J connectivity index is 2.09. The fraction of sp³-hybridized carbons (Fsp3) is 0.778. The molecule has 1 aliphatic rings. The van der Waals surface area contributed by atoms with E-state index in [1.165, 1.54) is 0 Å². The van der Waals surface area contributed by atoms with E-state index in [9.17, 15) is 9.59 Å². The van der Waals surface area contributed by atoms with E-state index in [0.717, 1.165) is 6.42 Å². The van der Waals surface area contributed by atoms with Crippen LogP contribution in [0.2, 0.25) is 0 Å². The number of rotatable bonds is 6. The van der Waals surface area contributed by atoms with Crippen molar-refractivity contribution in [3.63, 3.8) is 0 Å². The van der Waals surface area contributed by atoms with Crippen LogP contribution in [0.25, 0.3) is 0 Å². The molecule has 1 fully saturated rings. The van der Waals surface area contributed by atoms with Gasteiger partial charge in [-0.2, -0.15) is 0 Å². The summed E-state index contributed by atoms with van der Waals surface area (Å²) in [6, 6.07) is 0. The Kier molecular flexibility index (Phi) is 3.88. The molecule has 14 heavy (non-hydrogen) atoms. The minimum Gasteiger partial charge on any atom is -0.481 e. The monoisotopic (exact) mass is 201 g/mol. The van der Waals surface area contributed by atoms with Gasteiger partial charge in [-0.15, -0.1) is 0 Å². The van der Waals surface area contributed by atoms with Crippen molar-refractivity contribution in [2.45, 2.75) is 19.3 Å². The summed E-state index contributed by atoms with van der Waals surface area (Å²) < 4.78 is 0. The topological polar surface area (TPSA) is 86.6 Å². The van der Waals surface area contributed by atoms with Gasteiger partial charge in [0.2, 0.25) is 5.91 Å². The molecule has 0 radical (unpaired) electrons. The second kappa shape index (κ2) is 4.95. The Morgan fingerprint density at radius 3 is 2.50 bits per heavy atom. The smallest absolute Gasteiger partial charge is 0.307 e. The van der Waals surface area contributed by atoms with Crippen molar-refractivity contribution < 1.29 is 19.8 Å². The van der Waals surface area contributed by atoms with E-state index in [1.54, 1.807) is 0 Å². The first-order valence-electron chi connectivity index (χ1n) is 4.78. The molecule has 3 N–H and O–H groups in total. The third-order valence-electron chi connectivity index (χ3n) is 2.33. The first-order chi connectivity index (χ1) is 6.66. The lowest BCUT2D eigenvalue weighted by molar-refractivity contribution is -0.140. The first kappa shape index (κ1) is 11.0. The highest BCUT2D eigenvalue weighted by Gasteiger charge is 2.48. The van der Waals surface area contributed by atoms with E-state index in [1.807, 2.05) is 0 Å². The van der Waals surface area contributed by atoms with Gasteiger partial charge in [0.25, 0.3) is 0 Å². The number of aliphatic carboxylic acids is 1. The molecule has 1 amide bonds. The van der Waals surface area contributed by atoms with Crippen LogP contribution in [0.1, 0.15) is 19.3 Å². The van der Waals surface area contributed by atoms with Gasteiger partial charge in [-0.1, -0.05) is 0 Å². The fourth-order valence-corrected chi connectivity index (χ4v) is 1.34. The zero-order chi connectivity index (χ0) is 10.6. The summed E-state index contributed by atoms with van der Waals surface area (Å²) in [5.74, 6) is -1.87. The molecule has 0 unspecified atom stereocenters. The number of carbonyl (C=O) groups excluding carboxylic acids is 1. The number of nitrogens with one attached hydrogen (secondary N) is 1. The van der Waals surface area contributed by atoms with Crippen LogP contribution < -0.4 is 5.32 Å². The third kappa shape index (κ3) is 2.99. The average molecular weight is 201 g/mol. The highest BCUT2D eigenvalue weighted by Crippen LogP contribution is 2.38. The van der Waals surface area contributed by atoms with Crippen molar-refractivity contribution in [3.8, 4) is 0 Å². The SMILES string of the molecule is O=C(O)[C@H]1C[C@H]1C(=O)NCCCCO. The summed E-state index contributed by atoms with van der Waals surface area (Å²) >= 11 is 0. The Bertz CT molecular complexity index is 229. The maximum atomic E-state index is 11.2. The maximum absolute atomic E-state index is 11.2. The number of aliphatic hydroxyl groups excluding tert-OH is 1. The van der Waals surface area contributed by atoms with Gasteiger partial charge >= 0.3 is 5.97 Å². The minimum absolute atomic E-state index is 0.122. The Hall–Kier alpha value is -1.10. The summed E-state index contributed by atoms with van der Waals surface area (Å²) in [5, 5.41) is 19.7. The molecule has 0 bridgehead atoms. The van der Waals surface area contributed by atoms with E-state index in [0.29, 0.717) is 19.4 Å². The molecule has 1 saturated carbocycles. The number of hydrogen-bond acceptors (Lipinski definition) is 3. The van der Waals surface area contributed by atoms with Crippen molar-refractivity contribution >= 4 is 11.9 Å². The number of unbranched alkanes of at least 4 members (excludes halogenated alkanes) is 1. The number of aliphatic hydroxyl groups is 1. The van der Waals surface area contributed by atoms with Crippen molar-refractivity contribution in [2.24, 2.45) is 11.8 Å². The number of carbonyl (C=O) groups is 2. The van der Waals surface area contributed by atoms with Crippen LogP contribution in [0, 0.1) is 11.8 Å². The van der Waals surface area contributed by atoms with Gasteiger partial charge < -0.3 is 15.5 Å². The van der Waals surface area contributed by atoms with Gasteiger partial charge in [0.15, 0.2) is 0 Å². The fourth-order valence-electron chi connectivity index (χ4n) is 1.34. The van der Waals surface area contributed by atoms with Crippen LogP contribution in [0.4, 0.5) is 0 Å². The highest BCUT2D eigenvalue weighted by atomic mass is 16.4. The lowest BCUT2D eigenvalue weighted by Gasteiger charge is -2.02. The molecule has 80 valence electrons. The number of carboxylic acid groups (broad SMARTS) is 1. The van der Waals surface area contributed by atoms with E-state index >= 15 is 0 Å². The van der Waals surface area contributed by atoms with E-state index in [4.69, 9.17) is 10.2 Å². The standard InChI is InChI=1S/C9H15NO4/c11-4-2-1-3-10-8(12)6-5-7(6)9(13)14/h6-7,11H,1-5H2,(H,10,12)(H,13,14)/t6-,7+/m1/s1. The summed E-state index contributed by atoms with van der Waals surface area (Å²) in [6.45, 7) is 0.638. The predicted molar refractivity (Wildman–Crippen MR) is 48.6 cm³/mol. The molecule has 0 saturated heterocycles. The molecule has 1 rings (SSSR count). The number of carboxylic acids is 1. The van der Waals surface area contributed by atoms with Crippen LogP contribution in [-0.2, 0) is 9.59 Å². The third-order valence-corrected chi connectivity index (χ3v) is 2.33. The quantitative estimate of drug-likeness (QED) is 0.510. The van der Waals surface area contributed by atoms with Gasteiger partial charge in [0.05, 0.1) is 11.8 Å². The van der Waals surface area contributed by atoms with E-state index in [-0.39, 0.29) is 18.4 Å². The second-order valence-electron chi connectivity index (χ2n) is 3.51. The summed E-state index contributed by atoms with van der Waals surface area (Å²) in [4.78, 5) is 21.7. The molecule has 0 spiro atoms. The molecule has 1 aliphatic carbocycles. The number of hydrogen-bond donors (Lipinski definition) is 3. The van der Waals surface area contributed by atoms with Gasteiger partial charge in [-0.3, -0.25) is 9.59 Å². The molecule has 5 nitrogen and oxygen atoms in total. The molecule has 0 aliphatic heterocycles. The minimum atomic E-state index is -0.888. The highest BCUT2D eigenvalue weighted by molar-refractivity contribution is 5.89. The zero-order valence-corrected chi connectivity index (χ0v) is 7.90. The summed E-state index contributed by atoms with van der Waals surface area (Å²) in [7, 11) is 0. The predicted octanol–water partition coefficient (Wildman–Crippen LogP) is -0.404. The molecule has 0 aromatic rings. The van der Waals surface area contributed by atoms with Gasteiger partial charge in [0.1, 0.15) is 0 Å². The van der Waals surface area contributed by atoms with Crippen molar-refractivity contribution in [1.82, 2.24) is 5.32 Å². The van der Waals surface area contributed by atoms with E-state index in [2.05, 4.69) is 5.32 Å².